The summed E-state index contributed by atoms with van der Waals surface area (Å²) in [7, 11) is 2.75. The van der Waals surface area contributed by atoms with Gasteiger partial charge in [-0.05, 0) is 55.3 Å². The quantitative estimate of drug-likeness (QED) is 0.212. The van der Waals surface area contributed by atoms with E-state index >= 15 is 0 Å². The zero-order valence-corrected chi connectivity index (χ0v) is 28.2. The second-order valence-corrected chi connectivity index (χ2v) is 12.1. The summed E-state index contributed by atoms with van der Waals surface area (Å²) in [6.45, 7) is 3.41. The maximum absolute atomic E-state index is 14.4. The number of benzene rings is 3. The van der Waals surface area contributed by atoms with Crippen molar-refractivity contribution in [3.05, 3.63) is 66.2 Å². The molecule has 0 aliphatic heterocycles. The predicted molar refractivity (Wildman–Crippen MR) is 175 cm³/mol. The molecular weight excluding hydrogens is 614 g/mol. The van der Waals surface area contributed by atoms with E-state index in [2.05, 4.69) is 5.32 Å². The number of hydrogen-bond acceptors (Lipinski definition) is 9. The molecule has 0 fully saturated rings. The number of nitrogens with one attached hydrogen (secondary N) is 1. The normalized spacial score (nSPS) is 11.6. The van der Waals surface area contributed by atoms with E-state index in [1.54, 1.807) is 43.3 Å². The Labute approximate surface area is 271 Å². The highest BCUT2D eigenvalue weighted by Crippen LogP contribution is 2.38. The maximum atomic E-state index is 14.4. The third-order valence-electron chi connectivity index (χ3n) is 7.36. The molecule has 3 aromatic carbocycles. The Bertz CT molecular complexity index is 1600. The lowest BCUT2D eigenvalue weighted by atomic mass is 10.1. The highest BCUT2D eigenvalue weighted by molar-refractivity contribution is 7.92. The average Bonchev–Trinajstić information content (AvgIpc) is 3.08. The van der Waals surface area contributed by atoms with Crippen molar-refractivity contribution in [2.45, 2.75) is 44.2 Å². The minimum atomic E-state index is -4.45. The van der Waals surface area contributed by atoms with Crippen molar-refractivity contribution in [2.75, 3.05) is 52.9 Å². The summed E-state index contributed by atoms with van der Waals surface area (Å²) in [5.74, 6) is 0.617. The molecule has 46 heavy (non-hydrogen) atoms. The van der Waals surface area contributed by atoms with E-state index in [1.165, 1.54) is 64.7 Å². The molecule has 0 aromatic heterocycles. The van der Waals surface area contributed by atoms with Crippen molar-refractivity contribution < 1.29 is 41.7 Å². The van der Waals surface area contributed by atoms with Crippen molar-refractivity contribution in [2.24, 2.45) is 0 Å². The van der Waals surface area contributed by atoms with Crippen LogP contribution >= 0.6 is 0 Å². The van der Waals surface area contributed by atoms with Crippen LogP contribution in [-0.4, -0.2) is 79.8 Å². The molecule has 1 N–H and O–H groups in total. The van der Waals surface area contributed by atoms with Gasteiger partial charge < -0.3 is 33.9 Å². The Hall–Kier alpha value is -4.65. The monoisotopic (exact) mass is 657 g/mol. The zero-order valence-electron chi connectivity index (χ0n) is 27.4. The lowest BCUT2D eigenvalue weighted by Crippen LogP contribution is -2.51. The van der Waals surface area contributed by atoms with E-state index in [0.29, 0.717) is 29.4 Å². The van der Waals surface area contributed by atoms with E-state index in [4.69, 9.17) is 23.7 Å². The van der Waals surface area contributed by atoms with Crippen molar-refractivity contribution in [1.29, 1.82) is 0 Å². The molecule has 3 aromatic rings. The summed E-state index contributed by atoms with van der Waals surface area (Å²) in [6, 6.07) is 14.9. The first-order valence-electron chi connectivity index (χ1n) is 14.7. The van der Waals surface area contributed by atoms with Crippen LogP contribution in [0.4, 0.5) is 5.69 Å². The molecule has 0 aliphatic carbocycles. The van der Waals surface area contributed by atoms with Gasteiger partial charge in [0.25, 0.3) is 10.0 Å². The molecule has 0 saturated heterocycles. The number of nitrogens with zero attached hydrogens (tertiary/aromatic N) is 2. The molecular formula is C33H43N3O9S. The Morgan fingerprint density at radius 1 is 0.804 bits per heavy atom. The van der Waals surface area contributed by atoms with Gasteiger partial charge >= 0.3 is 0 Å². The molecule has 12 nitrogen and oxygen atoms in total. The van der Waals surface area contributed by atoms with Crippen LogP contribution in [0, 0.1) is 0 Å². The number of rotatable bonds is 17. The second kappa shape index (κ2) is 16.6. The number of anilines is 1. The third kappa shape index (κ3) is 8.53. The Kier molecular flexibility index (Phi) is 12.9. The summed E-state index contributed by atoms with van der Waals surface area (Å²) in [5, 5.41) is 2.87. The second-order valence-electron chi connectivity index (χ2n) is 10.3. The van der Waals surface area contributed by atoms with Crippen molar-refractivity contribution in [1.82, 2.24) is 10.2 Å². The molecule has 2 amide bonds. The van der Waals surface area contributed by atoms with Crippen LogP contribution in [0.2, 0.25) is 0 Å². The maximum Gasteiger partial charge on any atom is 0.265 e. The molecule has 0 aliphatic rings. The van der Waals surface area contributed by atoms with Gasteiger partial charge in [-0.3, -0.25) is 13.9 Å². The van der Waals surface area contributed by atoms with Crippen LogP contribution in [0.5, 0.6) is 28.7 Å². The smallest absolute Gasteiger partial charge is 0.265 e. The van der Waals surface area contributed by atoms with Gasteiger partial charge in [-0.1, -0.05) is 25.5 Å². The summed E-state index contributed by atoms with van der Waals surface area (Å²) in [4.78, 5) is 28.7. The average molecular weight is 658 g/mol. The largest absolute Gasteiger partial charge is 0.497 e. The Morgan fingerprint density at radius 2 is 1.46 bits per heavy atom. The fraction of sp³-hybridized carbons (Fsp3) is 0.394. The third-order valence-corrected chi connectivity index (χ3v) is 9.12. The Morgan fingerprint density at radius 3 is 2.09 bits per heavy atom. The molecule has 0 radical (unpaired) electrons. The minimum Gasteiger partial charge on any atom is -0.497 e. The molecule has 250 valence electrons. The molecule has 3 rings (SSSR count). The molecule has 0 bridgehead atoms. The molecule has 0 spiro atoms. The van der Waals surface area contributed by atoms with Crippen LogP contribution in [0.1, 0.15) is 32.3 Å². The van der Waals surface area contributed by atoms with Gasteiger partial charge in [0, 0.05) is 25.2 Å². The van der Waals surface area contributed by atoms with Gasteiger partial charge in [0.2, 0.25) is 11.8 Å². The van der Waals surface area contributed by atoms with E-state index < -0.39 is 28.5 Å². The molecule has 13 heteroatoms. The van der Waals surface area contributed by atoms with Gasteiger partial charge in [0.05, 0.1) is 46.1 Å². The number of ether oxygens (including phenoxy) is 5. The fourth-order valence-electron chi connectivity index (χ4n) is 4.70. The van der Waals surface area contributed by atoms with E-state index in [-0.39, 0.29) is 34.5 Å². The van der Waals surface area contributed by atoms with Gasteiger partial charge in [-0.25, -0.2) is 8.42 Å². The topological polar surface area (TPSA) is 133 Å². The lowest BCUT2D eigenvalue weighted by Gasteiger charge is -2.32. The van der Waals surface area contributed by atoms with Crippen LogP contribution < -0.4 is 33.3 Å². The standard InChI is InChI=1S/C33H43N3O9S/c1-8-9-17-34-33(38)23(2)35(21-24-11-10-12-25(18-24)41-3)32(37)22-36(28-19-26(42-4)13-15-29(28)43-5)46(39,40)27-14-16-30(44-6)31(20-27)45-7/h10-16,18-20,23H,8-9,17,21-22H2,1-7H3,(H,34,38)/t23-/m1/s1. The molecule has 1 atom stereocenters. The number of carbonyl (C=O) groups is 2. The number of hydrogen-bond donors (Lipinski definition) is 1. The van der Waals surface area contributed by atoms with Gasteiger partial charge in [0.1, 0.15) is 29.8 Å². The SMILES string of the molecule is CCCCNC(=O)[C@@H](C)N(Cc1cccc(OC)c1)C(=O)CN(c1cc(OC)ccc1OC)S(=O)(=O)c1ccc(OC)c(OC)c1. The minimum absolute atomic E-state index is 0.0118. The van der Waals surface area contributed by atoms with E-state index in [9.17, 15) is 18.0 Å². The molecule has 0 heterocycles. The summed E-state index contributed by atoms with van der Waals surface area (Å²) < 4.78 is 56.7. The molecule has 0 saturated carbocycles. The lowest BCUT2D eigenvalue weighted by molar-refractivity contribution is -0.139. The number of carbonyl (C=O) groups excluding carboxylic acids is 2. The summed E-state index contributed by atoms with van der Waals surface area (Å²) in [6.07, 6.45) is 1.65. The fourth-order valence-corrected chi connectivity index (χ4v) is 6.13. The van der Waals surface area contributed by atoms with Crippen LogP contribution in [-0.2, 0) is 26.2 Å². The van der Waals surface area contributed by atoms with Crippen molar-refractivity contribution in [3.63, 3.8) is 0 Å². The Balaban J connectivity index is 2.15. The van der Waals surface area contributed by atoms with Gasteiger partial charge in [-0.2, -0.15) is 0 Å². The summed E-state index contributed by atoms with van der Waals surface area (Å²) >= 11 is 0. The van der Waals surface area contributed by atoms with Crippen LogP contribution in [0.3, 0.4) is 0 Å². The van der Waals surface area contributed by atoms with Crippen LogP contribution in [0.15, 0.2) is 65.6 Å². The first-order chi connectivity index (χ1) is 22.0. The first-order valence-corrected chi connectivity index (χ1v) is 16.1. The number of methoxy groups -OCH3 is 5. The van der Waals surface area contributed by atoms with Crippen molar-refractivity contribution in [3.8, 4) is 28.7 Å². The van der Waals surface area contributed by atoms with E-state index in [1.807, 2.05) is 6.92 Å². The number of unbranched alkanes of at least 4 members (excludes halogenated alkanes) is 1. The van der Waals surface area contributed by atoms with Crippen molar-refractivity contribution >= 4 is 27.5 Å². The zero-order chi connectivity index (χ0) is 33.9. The first kappa shape index (κ1) is 35.8. The van der Waals surface area contributed by atoms with E-state index in [0.717, 1.165) is 17.1 Å². The highest BCUT2D eigenvalue weighted by Gasteiger charge is 2.34. The number of sulfonamides is 1. The van der Waals surface area contributed by atoms with Gasteiger partial charge in [-0.15, -0.1) is 0 Å². The van der Waals surface area contributed by atoms with Gasteiger partial charge in [0.15, 0.2) is 11.5 Å². The molecule has 0 unspecified atom stereocenters. The van der Waals surface area contributed by atoms with Crippen LogP contribution in [0.25, 0.3) is 0 Å². The number of amides is 2. The highest BCUT2D eigenvalue weighted by atomic mass is 32.2. The summed E-state index contributed by atoms with van der Waals surface area (Å²) in [5.41, 5.74) is 0.750. The predicted octanol–water partition coefficient (Wildman–Crippen LogP) is 4.26.